The number of halogens is 1. The Balaban J connectivity index is 0.00000240. The van der Waals surface area contributed by atoms with Gasteiger partial charge in [-0.2, -0.15) is 0 Å². The van der Waals surface area contributed by atoms with Crippen LogP contribution in [0.25, 0.3) is 0 Å². The minimum Gasteiger partial charge on any atom is -0.496 e. The molecule has 2 aliphatic heterocycles. The lowest BCUT2D eigenvalue weighted by Crippen LogP contribution is -2.48. The second-order valence-electron chi connectivity index (χ2n) is 6.89. The molecule has 2 saturated heterocycles. The van der Waals surface area contributed by atoms with E-state index in [2.05, 4.69) is 10.6 Å². The van der Waals surface area contributed by atoms with Gasteiger partial charge in [0.25, 0.3) is 5.91 Å². The maximum Gasteiger partial charge on any atom is 0.321 e. The molecule has 2 aliphatic rings. The standard InChI is InChI=1S/C21H24N4O3.ClH/c1-28-19-5-3-2-4-17(19)18-14-22-10-12-25(18)20(26)15-6-8-16(9-7-15)24-13-11-23-21(24)27;/h2-9,18,22H,10-14H2,1H3,(H,23,27);1H. The summed E-state index contributed by atoms with van der Waals surface area (Å²) in [5.74, 6) is 0.763. The molecule has 2 aromatic rings. The highest BCUT2D eigenvalue weighted by Gasteiger charge is 2.30. The molecular formula is C21H25ClN4O3. The molecule has 2 fully saturated rings. The number of anilines is 1. The fourth-order valence-corrected chi connectivity index (χ4v) is 3.83. The number of urea groups is 1. The second kappa shape index (κ2) is 9.15. The summed E-state index contributed by atoms with van der Waals surface area (Å²) in [5, 5.41) is 6.16. The third kappa shape index (κ3) is 4.16. The maximum atomic E-state index is 13.2. The van der Waals surface area contributed by atoms with Crippen LogP contribution >= 0.6 is 12.4 Å². The van der Waals surface area contributed by atoms with Crippen LogP contribution in [0, 0.1) is 0 Å². The van der Waals surface area contributed by atoms with Crippen molar-refractivity contribution in [2.45, 2.75) is 6.04 Å². The molecule has 154 valence electrons. The van der Waals surface area contributed by atoms with Crippen LogP contribution in [-0.2, 0) is 0 Å². The van der Waals surface area contributed by atoms with Crippen molar-refractivity contribution < 1.29 is 14.3 Å². The van der Waals surface area contributed by atoms with Gasteiger partial charge in [0.05, 0.1) is 13.2 Å². The first-order valence-electron chi connectivity index (χ1n) is 9.49. The molecule has 2 aromatic carbocycles. The lowest BCUT2D eigenvalue weighted by Gasteiger charge is -2.37. The highest BCUT2D eigenvalue weighted by atomic mass is 35.5. The first kappa shape index (κ1) is 21.0. The van der Waals surface area contributed by atoms with Crippen LogP contribution in [0.1, 0.15) is 22.0 Å². The number of ether oxygens (including phenoxy) is 1. The fraction of sp³-hybridized carbons (Fsp3) is 0.333. The second-order valence-corrected chi connectivity index (χ2v) is 6.89. The molecule has 0 saturated carbocycles. The van der Waals surface area contributed by atoms with Crippen molar-refractivity contribution in [2.24, 2.45) is 0 Å². The molecule has 7 nitrogen and oxygen atoms in total. The SMILES string of the molecule is COc1ccccc1C1CNCCN1C(=O)c1ccc(N2CCNC2=O)cc1.Cl. The van der Waals surface area contributed by atoms with Crippen LogP contribution in [-0.4, -0.2) is 56.7 Å². The smallest absolute Gasteiger partial charge is 0.321 e. The van der Waals surface area contributed by atoms with Crippen molar-refractivity contribution in [2.75, 3.05) is 44.7 Å². The number of para-hydroxylation sites is 1. The molecule has 0 aromatic heterocycles. The van der Waals surface area contributed by atoms with Gasteiger partial charge in [0, 0.05) is 49.5 Å². The van der Waals surface area contributed by atoms with Crippen molar-refractivity contribution in [3.8, 4) is 5.75 Å². The maximum absolute atomic E-state index is 13.2. The Kier molecular flexibility index (Phi) is 6.61. The van der Waals surface area contributed by atoms with E-state index < -0.39 is 0 Å². The minimum atomic E-state index is -0.0996. The van der Waals surface area contributed by atoms with Crippen LogP contribution in [0.4, 0.5) is 10.5 Å². The van der Waals surface area contributed by atoms with Gasteiger partial charge in [0.1, 0.15) is 5.75 Å². The molecule has 8 heteroatoms. The Morgan fingerprint density at radius 1 is 1.07 bits per heavy atom. The average molecular weight is 417 g/mol. The van der Waals surface area contributed by atoms with Gasteiger partial charge in [-0.25, -0.2) is 4.79 Å². The Morgan fingerprint density at radius 3 is 2.52 bits per heavy atom. The highest BCUT2D eigenvalue weighted by molar-refractivity contribution is 5.97. The topological polar surface area (TPSA) is 73.9 Å². The summed E-state index contributed by atoms with van der Waals surface area (Å²) < 4.78 is 5.51. The molecule has 0 bridgehead atoms. The molecule has 29 heavy (non-hydrogen) atoms. The van der Waals surface area contributed by atoms with E-state index in [4.69, 9.17) is 4.74 Å². The monoisotopic (exact) mass is 416 g/mol. The van der Waals surface area contributed by atoms with Crippen molar-refractivity contribution in [3.05, 3.63) is 59.7 Å². The Morgan fingerprint density at radius 2 is 1.83 bits per heavy atom. The van der Waals surface area contributed by atoms with E-state index in [9.17, 15) is 9.59 Å². The summed E-state index contributed by atoms with van der Waals surface area (Å²) >= 11 is 0. The summed E-state index contributed by atoms with van der Waals surface area (Å²) in [6.07, 6.45) is 0. The molecule has 3 amide bonds. The summed E-state index contributed by atoms with van der Waals surface area (Å²) in [4.78, 5) is 28.6. The molecule has 2 heterocycles. The summed E-state index contributed by atoms with van der Waals surface area (Å²) in [5.41, 5.74) is 2.41. The van der Waals surface area contributed by atoms with E-state index in [0.29, 0.717) is 31.7 Å². The zero-order chi connectivity index (χ0) is 19.5. The van der Waals surface area contributed by atoms with Crippen molar-refractivity contribution in [1.29, 1.82) is 0 Å². The molecule has 0 aliphatic carbocycles. The zero-order valence-corrected chi connectivity index (χ0v) is 17.1. The van der Waals surface area contributed by atoms with Crippen LogP contribution in [0.3, 0.4) is 0 Å². The van der Waals surface area contributed by atoms with Crippen LogP contribution < -0.4 is 20.3 Å². The molecular weight excluding hydrogens is 392 g/mol. The van der Waals surface area contributed by atoms with E-state index in [0.717, 1.165) is 23.5 Å². The summed E-state index contributed by atoms with van der Waals surface area (Å²) in [7, 11) is 1.65. The molecule has 0 spiro atoms. The van der Waals surface area contributed by atoms with Gasteiger partial charge in [-0.15, -0.1) is 12.4 Å². The zero-order valence-electron chi connectivity index (χ0n) is 16.3. The number of amides is 3. The number of benzene rings is 2. The van der Waals surface area contributed by atoms with Crippen LogP contribution in [0.5, 0.6) is 5.75 Å². The van der Waals surface area contributed by atoms with Gasteiger partial charge in [0.2, 0.25) is 0 Å². The van der Waals surface area contributed by atoms with Gasteiger partial charge in [-0.3, -0.25) is 9.69 Å². The number of hydrogen-bond donors (Lipinski definition) is 2. The third-order valence-corrected chi connectivity index (χ3v) is 5.28. The molecule has 0 radical (unpaired) electrons. The Labute approximate surface area is 176 Å². The summed E-state index contributed by atoms with van der Waals surface area (Å²) in [6.45, 7) is 3.33. The Hall–Kier alpha value is -2.77. The predicted octanol–water partition coefficient (Wildman–Crippen LogP) is 2.43. The first-order valence-corrected chi connectivity index (χ1v) is 9.49. The number of hydrogen-bond acceptors (Lipinski definition) is 4. The molecule has 1 atom stereocenters. The van der Waals surface area contributed by atoms with E-state index in [-0.39, 0.29) is 30.4 Å². The molecule has 1 unspecified atom stereocenters. The number of nitrogens with zero attached hydrogens (tertiary/aromatic N) is 2. The fourth-order valence-electron chi connectivity index (χ4n) is 3.83. The number of rotatable bonds is 4. The highest BCUT2D eigenvalue weighted by Crippen LogP contribution is 2.31. The van der Waals surface area contributed by atoms with Gasteiger partial charge >= 0.3 is 6.03 Å². The number of piperazine rings is 1. The quantitative estimate of drug-likeness (QED) is 0.802. The van der Waals surface area contributed by atoms with E-state index in [1.165, 1.54) is 0 Å². The first-order chi connectivity index (χ1) is 13.7. The third-order valence-electron chi connectivity index (χ3n) is 5.28. The van der Waals surface area contributed by atoms with Crippen molar-refractivity contribution in [1.82, 2.24) is 15.5 Å². The largest absolute Gasteiger partial charge is 0.496 e. The van der Waals surface area contributed by atoms with Crippen LogP contribution in [0.15, 0.2) is 48.5 Å². The number of nitrogens with one attached hydrogen (secondary N) is 2. The normalized spacial score (nSPS) is 18.8. The molecule has 4 rings (SSSR count). The Bertz CT molecular complexity index is 874. The van der Waals surface area contributed by atoms with Gasteiger partial charge < -0.3 is 20.3 Å². The number of methoxy groups -OCH3 is 1. The lowest BCUT2D eigenvalue weighted by molar-refractivity contribution is 0.0631. The van der Waals surface area contributed by atoms with E-state index >= 15 is 0 Å². The minimum absolute atomic E-state index is 0. The number of carbonyl (C=O) groups is 2. The lowest BCUT2D eigenvalue weighted by atomic mass is 10.0. The molecule has 2 N–H and O–H groups in total. The van der Waals surface area contributed by atoms with E-state index in [1.807, 2.05) is 41.3 Å². The van der Waals surface area contributed by atoms with Crippen molar-refractivity contribution in [3.63, 3.8) is 0 Å². The number of carbonyl (C=O) groups excluding carboxylic acids is 2. The van der Waals surface area contributed by atoms with Gasteiger partial charge in [-0.05, 0) is 30.3 Å². The van der Waals surface area contributed by atoms with Crippen LogP contribution in [0.2, 0.25) is 0 Å². The van der Waals surface area contributed by atoms with Crippen molar-refractivity contribution >= 4 is 30.0 Å². The van der Waals surface area contributed by atoms with E-state index in [1.54, 1.807) is 24.1 Å². The summed E-state index contributed by atoms with van der Waals surface area (Å²) in [6, 6.07) is 14.9. The van der Waals surface area contributed by atoms with Gasteiger partial charge in [0.15, 0.2) is 0 Å². The predicted molar refractivity (Wildman–Crippen MR) is 114 cm³/mol. The average Bonchev–Trinajstić information content (AvgIpc) is 3.19. The van der Waals surface area contributed by atoms with Gasteiger partial charge in [-0.1, -0.05) is 18.2 Å².